The van der Waals surface area contributed by atoms with Crippen molar-refractivity contribution in [3.63, 3.8) is 0 Å². The van der Waals surface area contributed by atoms with Crippen molar-refractivity contribution in [3.05, 3.63) is 28.2 Å². The van der Waals surface area contributed by atoms with Gasteiger partial charge in [0.2, 0.25) is 0 Å². The topological polar surface area (TPSA) is 75.6 Å². The average molecular weight is 358 g/mol. The number of benzene rings is 1. The van der Waals surface area contributed by atoms with Crippen molar-refractivity contribution in [1.29, 1.82) is 0 Å². The Kier molecular flexibility index (Phi) is 6.68. The Morgan fingerprint density at radius 2 is 2.05 bits per heavy atom. The molecule has 0 saturated heterocycles. The minimum atomic E-state index is -1.03. The van der Waals surface area contributed by atoms with Crippen molar-refractivity contribution in [2.75, 3.05) is 0 Å². The quantitative estimate of drug-likeness (QED) is 0.785. The molecule has 0 aromatic heterocycles. The third kappa shape index (κ3) is 5.38. The molecule has 0 spiro atoms. The number of carboxylic acids is 1. The maximum atomic E-state index is 12.3. The Bertz CT molecular complexity index is 516. The number of carbonyl (C=O) groups is 2. The van der Waals surface area contributed by atoms with E-state index in [1.165, 1.54) is 0 Å². The van der Waals surface area contributed by atoms with Crippen LogP contribution in [0, 0.1) is 0 Å². The normalized spacial score (nSPS) is 12.0. The van der Waals surface area contributed by atoms with Gasteiger partial charge in [-0.15, -0.1) is 0 Å². The number of carboxylic acid groups (broad SMARTS) is 1. The van der Waals surface area contributed by atoms with E-state index in [9.17, 15) is 9.59 Å². The van der Waals surface area contributed by atoms with Gasteiger partial charge in [0.05, 0.1) is 11.7 Å². The minimum absolute atomic E-state index is 0.0863. The molecule has 0 aliphatic heterocycles. The lowest BCUT2D eigenvalue weighted by Crippen LogP contribution is -2.40. The molecule has 0 saturated carbocycles. The van der Waals surface area contributed by atoms with Crippen molar-refractivity contribution < 1.29 is 19.4 Å². The van der Waals surface area contributed by atoms with E-state index in [2.05, 4.69) is 21.2 Å². The van der Waals surface area contributed by atoms with Crippen LogP contribution in [0.2, 0.25) is 0 Å². The van der Waals surface area contributed by atoms with Crippen molar-refractivity contribution in [1.82, 2.24) is 5.32 Å². The number of hydrogen-bond acceptors (Lipinski definition) is 3. The van der Waals surface area contributed by atoms with Crippen LogP contribution < -0.4 is 10.1 Å². The minimum Gasteiger partial charge on any atom is -0.490 e. The highest BCUT2D eigenvalue weighted by Gasteiger charge is 2.22. The Hall–Kier alpha value is -1.56. The molecule has 1 aromatic carbocycles. The fraction of sp³-hybridized carbons (Fsp3) is 0.467. The van der Waals surface area contributed by atoms with E-state index >= 15 is 0 Å². The second-order valence-corrected chi connectivity index (χ2v) is 5.88. The van der Waals surface area contributed by atoms with Crippen LogP contribution in [0.25, 0.3) is 0 Å². The Morgan fingerprint density at radius 1 is 1.38 bits per heavy atom. The second-order valence-electron chi connectivity index (χ2n) is 4.96. The van der Waals surface area contributed by atoms with Gasteiger partial charge in [-0.25, -0.2) is 4.79 Å². The van der Waals surface area contributed by atoms with Gasteiger partial charge in [-0.05, 0) is 38.5 Å². The molecule has 0 aliphatic carbocycles. The average Bonchev–Trinajstić information content (AvgIpc) is 2.37. The predicted molar refractivity (Wildman–Crippen MR) is 83.7 cm³/mol. The molecule has 116 valence electrons. The van der Waals surface area contributed by atoms with E-state index in [0.717, 1.165) is 4.47 Å². The summed E-state index contributed by atoms with van der Waals surface area (Å²) in [5.41, 5.74) is 0.328. The maximum Gasteiger partial charge on any atom is 0.326 e. The van der Waals surface area contributed by atoms with Crippen LogP contribution in [0.4, 0.5) is 0 Å². The van der Waals surface area contributed by atoms with Crippen LogP contribution in [0.3, 0.4) is 0 Å². The molecule has 21 heavy (non-hydrogen) atoms. The SMILES string of the molecule is CCCC(NC(=O)c1ccc(Br)cc1OC(C)C)C(=O)O. The first-order valence-electron chi connectivity index (χ1n) is 6.85. The van der Waals surface area contributed by atoms with E-state index < -0.39 is 17.9 Å². The van der Waals surface area contributed by atoms with Crippen LogP contribution >= 0.6 is 15.9 Å². The molecule has 0 heterocycles. The van der Waals surface area contributed by atoms with Gasteiger partial charge in [-0.3, -0.25) is 4.79 Å². The number of hydrogen-bond donors (Lipinski definition) is 2. The molecule has 0 aliphatic rings. The van der Waals surface area contributed by atoms with E-state index in [0.29, 0.717) is 24.2 Å². The van der Waals surface area contributed by atoms with Gasteiger partial charge >= 0.3 is 5.97 Å². The highest BCUT2D eigenvalue weighted by molar-refractivity contribution is 9.10. The van der Waals surface area contributed by atoms with Crippen LogP contribution in [0.15, 0.2) is 22.7 Å². The van der Waals surface area contributed by atoms with Crippen molar-refractivity contribution in [2.45, 2.75) is 45.8 Å². The summed E-state index contributed by atoms with van der Waals surface area (Å²) in [7, 11) is 0. The van der Waals surface area contributed by atoms with Crippen LogP contribution in [0.5, 0.6) is 5.75 Å². The summed E-state index contributed by atoms with van der Waals surface area (Å²) in [4.78, 5) is 23.4. The standard InChI is InChI=1S/C15H20BrNO4/c1-4-5-12(15(19)20)17-14(18)11-7-6-10(16)8-13(11)21-9(2)3/h6-9,12H,4-5H2,1-3H3,(H,17,18)(H,19,20). The summed E-state index contributed by atoms with van der Waals surface area (Å²) in [6, 6.07) is 4.14. The number of rotatable bonds is 7. The lowest BCUT2D eigenvalue weighted by atomic mass is 10.1. The van der Waals surface area contributed by atoms with Crippen molar-refractivity contribution >= 4 is 27.8 Å². The smallest absolute Gasteiger partial charge is 0.326 e. The zero-order valence-electron chi connectivity index (χ0n) is 12.4. The molecule has 1 rings (SSSR count). The summed E-state index contributed by atoms with van der Waals surface area (Å²) in [5.74, 6) is -1.05. The molecule has 6 heteroatoms. The van der Waals surface area contributed by atoms with Crippen LogP contribution in [-0.2, 0) is 4.79 Å². The summed E-state index contributed by atoms with van der Waals surface area (Å²) < 4.78 is 6.40. The highest BCUT2D eigenvalue weighted by Crippen LogP contribution is 2.25. The first-order chi connectivity index (χ1) is 9.85. The second kappa shape index (κ2) is 8.02. The molecule has 1 atom stereocenters. The van der Waals surface area contributed by atoms with Gasteiger partial charge in [0, 0.05) is 4.47 Å². The molecular formula is C15H20BrNO4. The molecular weight excluding hydrogens is 338 g/mol. The summed E-state index contributed by atoms with van der Waals surface area (Å²) >= 11 is 3.33. The van der Waals surface area contributed by atoms with Gasteiger partial charge in [0.15, 0.2) is 0 Å². The first kappa shape index (κ1) is 17.5. The van der Waals surface area contributed by atoms with Crippen LogP contribution in [0.1, 0.15) is 44.0 Å². The Labute approximate surface area is 132 Å². The number of nitrogens with one attached hydrogen (secondary N) is 1. The molecule has 1 unspecified atom stereocenters. The fourth-order valence-corrected chi connectivity index (χ4v) is 2.16. The summed E-state index contributed by atoms with van der Waals surface area (Å²) in [6.45, 7) is 5.59. The van der Waals surface area contributed by atoms with Gasteiger partial charge in [0.1, 0.15) is 11.8 Å². The zero-order chi connectivity index (χ0) is 16.0. The van der Waals surface area contributed by atoms with Crippen LogP contribution in [-0.4, -0.2) is 29.1 Å². The predicted octanol–water partition coefficient (Wildman–Crippen LogP) is 3.22. The Morgan fingerprint density at radius 3 is 2.57 bits per heavy atom. The fourth-order valence-electron chi connectivity index (χ4n) is 1.82. The summed E-state index contributed by atoms with van der Waals surface area (Å²) in [5, 5.41) is 11.6. The van der Waals surface area contributed by atoms with Gasteiger partial charge in [-0.2, -0.15) is 0 Å². The van der Waals surface area contributed by atoms with Gasteiger partial charge in [0.25, 0.3) is 5.91 Å². The number of ether oxygens (including phenoxy) is 1. The van der Waals surface area contributed by atoms with E-state index in [1.807, 2.05) is 20.8 Å². The van der Waals surface area contributed by atoms with E-state index in [1.54, 1.807) is 18.2 Å². The third-order valence-corrected chi connectivity index (χ3v) is 3.22. The lowest BCUT2D eigenvalue weighted by Gasteiger charge is -2.17. The lowest BCUT2D eigenvalue weighted by molar-refractivity contribution is -0.139. The van der Waals surface area contributed by atoms with E-state index in [-0.39, 0.29) is 6.10 Å². The third-order valence-electron chi connectivity index (χ3n) is 2.73. The monoisotopic (exact) mass is 357 g/mol. The summed E-state index contributed by atoms with van der Waals surface area (Å²) in [6.07, 6.45) is 0.974. The molecule has 0 fully saturated rings. The highest BCUT2D eigenvalue weighted by atomic mass is 79.9. The zero-order valence-corrected chi connectivity index (χ0v) is 13.9. The molecule has 2 N–H and O–H groups in total. The number of halogens is 1. The van der Waals surface area contributed by atoms with Gasteiger partial charge in [-0.1, -0.05) is 29.3 Å². The molecule has 1 amide bonds. The number of aliphatic carboxylic acids is 1. The number of carbonyl (C=O) groups excluding carboxylic acids is 1. The van der Waals surface area contributed by atoms with Crippen molar-refractivity contribution in [2.24, 2.45) is 0 Å². The van der Waals surface area contributed by atoms with Crippen molar-refractivity contribution in [3.8, 4) is 5.75 Å². The maximum absolute atomic E-state index is 12.3. The molecule has 0 bridgehead atoms. The number of amides is 1. The molecule has 5 nitrogen and oxygen atoms in total. The Balaban J connectivity index is 2.97. The van der Waals surface area contributed by atoms with E-state index in [4.69, 9.17) is 9.84 Å². The first-order valence-corrected chi connectivity index (χ1v) is 7.64. The molecule has 1 aromatic rings. The molecule has 0 radical (unpaired) electrons. The largest absolute Gasteiger partial charge is 0.490 e. The van der Waals surface area contributed by atoms with Gasteiger partial charge < -0.3 is 15.2 Å².